The third-order valence-corrected chi connectivity index (χ3v) is 5.67. The summed E-state index contributed by atoms with van der Waals surface area (Å²) in [6, 6.07) is 42.4. The minimum Gasteiger partial charge on any atom is -0.247 e. The molecule has 0 aliphatic carbocycles. The van der Waals surface area contributed by atoms with Crippen LogP contribution in [-0.2, 0) is 0 Å². The first kappa shape index (κ1) is 19.0. The summed E-state index contributed by atoms with van der Waals surface area (Å²) in [5, 5.41) is 0. The highest BCUT2D eigenvalue weighted by atomic mass is 14.7. The molecule has 0 fully saturated rings. The molecule has 1 aromatic heterocycles. The number of aromatic nitrogens is 1. The summed E-state index contributed by atoms with van der Waals surface area (Å²) >= 11 is 0. The Bertz CT molecular complexity index is 1310. The van der Waals surface area contributed by atoms with Gasteiger partial charge >= 0.3 is 0 Å². The van der Waals surface area contributed by atoms with E-state index in [0.29, 0.717) is 0 Å². The molecule has 0 N–H and O–H groups in total. The van der Waals surface area contributed by atoms with Crippen LogP contribution in [0.4, 0.5) is 0 Å². The van der Waals surface area contributed by atoms with Gasteiger partial charge < -0.3 is 0 Å². The molecule has 0 radical (unpaired) electrons. The van der Waals surface area contributed by atoms with Crippen molar-refractivity contribution in [1.29, 1.82) is 0 Å². The lowest BCUT2D eigenvalue weighted by Crippen LogP contribution is -1.96. The SMILES string of the molecule is Cc1c(-c2cccc(-c3ccccc3)c2)cc(-c2ccccc2)nc1-c1ccccc1. The van der Waals surface area contributed by atoms with E-state index in [4.69, 9.17) is 4.98 Å². The molecule has 0 unspecified atom stereocenters. The molecular weight excluding hydrogens is 374 g/mol. The maximum Gasteiger partial charge on any atom is 0.0744 e. The Morgan fingerprint density at radius 2 is 0.968 bits per heavy atom. The zero-order chi connectivity index (χ0) is 21.0. The van der Waals surface area contributed by atoms with Gasteiger partial charge in [-0.2, -0.15) is 0 Å². The second kappa shape index (κ2) is 8.41. The summed E-state index contributed by atoms with van der Waals surface area (Å²) in [5.74, 6) is 0. The van der Waals surface area contributed by atoms with Crippen molar-refractivity contribution < 1.29 is 0 Å². The highest BCUT2D eigenvalue weighted by Crippen LogP contribution is 2.35. The highest BCUT2D eigenvalue weighted by molar-refractivity contribution is 5.82. The van der Waals surface area contributed by atoms with E-state index in [1.54, 1.807) is 0 Å². The van der Waals surface area contributed by atoms with Crippen molar-refractivity contribution >= 4 is 0 Å². The zero-order valence-electron chi connectivity index (χ0n) is 17.5. The van der Waals surface area contributed by atoms with Crippen molar-refractivity contribution in [2.24, 2.45) is 0 Å². The Kier molecular flexibility index (Phi) is 5.16. The predicted octanol–water partition coefficient (Wildman–Crippen LogP) is 8.06. The molecule has 0 spiro atoms. The largest absolute Gasteiger partial charge is 0.247 e. The van der Waals surface area contributed by atoms with Gasteiger partial charge in [-0.3, -0.25) is 0 Å². The van der Waals surface area contributed by atoms with Crippen molar-refractivity contribution in [2.45, 2.75) is 6.92 Å². The van der Waals surface area contributed by atoms with Crippen LogP contribution >= 0.6 is 0 Å². The molecule has 4 aromatic carbocycles. The number of pyridine rings is 1. The van der Waals surface area contributed by atoms with E-state index in [1.807, 2.05) is 12.1 Å². The van der Waals surface area contributed by atoms with E-state index in [0.717, 1.165) is 22.5 Å². The summed E-state index contributed by atoms with van der Waals surface area (Å²) in [5.41, 5.74) is 10.3. The van der Waals surface area contributed by atoms with E-state index in [9.17, 15) is 0 Å². The Labute approximate surface area is 183 Å². The molecule has 148 valence electrons. The molecule has 5 rings (SSSR count). The van der Waals surface area contributed by atoms with Crippen LogP contribution in [0.1, 0.15) is 5.56 Å². The summed E-state index contributed by atoms with van der Waals surface area (Å²) in [4.78, 5) is 5.08. The topological polar surface area (TPSA) is 12.9 Å². The van der Waals surface area contributed by atoms with Crippen molar-refractivity contribution in [1.82, 2.24) is 4.98 Å². The zero-order valence-corrected chi connectivity index (χ0v) is 17.5. The molecule has 0 saturated carbocycles. The van der Waals surface area contributed by atoms with E-state index in [-0.39, 0.29) is 0 Å². The fourth-order valence-corrected chi connectivity index (χ4v) is 4.04. The summed E-state index contributed by atoms with van der Waals surface area (Å²) < 4.78 is 0. The number of hydrogen-bond donors (Lipinski definition) is 0. The minimum atomic E-state index is 0.991. The average Bonchev–Trinajstić information content (AvgIpc) is 2.86. The van der Waals surface area contributed by atoms with Crippen LogP contribution in [0.3, 0.4) is 0 Å². The van der Waals surface area contributed by atoms with Gasteiger partial charge in [0.15, 0.2) is 0 Å². The Hall–Kier alpha value is -3.97. The van der Waals surface area contributed by atoms with Crippen LogP contribution in [0.2, 0.25) is 0 Å². The van der Waals surface area contributed by atoms with E-state index in [2.05, 4.69) is 116 Å². The molecule has 0 aliphatic rings. The molecule has 5 aromatic rings. The van der Waals surface area contributed by atoms with Gasteiger partial charge in [-0.1, -0.05) is 109 Å². The van der Waals surface area contributed by atoms with Gasteiger partial charge in [0.1, 0.15) is 0 Å². The van der Waals surface area contributed by atoms with E-state index >= 15 is 0 Å². The number of hydrogen-bond acceptors (Lipinski definition) is 1. The van der Waals surface area contributed by atoms with Crippen molar-refractivity contribution in [3.8, 4) is 44.8 Å². The van der Waals surface area contributed by atoms with Gasteiger partial charge in [0.25, 0.3) is 0 Å². The van der Waals surface area contributed by atoms with Crippen LogP contribution in [0.5, 0.6) is 0 Å². The molecule has 1 heteroatoms. The lowest BCUT2D eigenvalue weighted by atomic mass is 9.93. The van der Waals surface area contributed by atoms with Crippen LogP contribution in [0, 0.1) is 6.92 Å². The summed E-state index contributed by atoms with van der Waals surface area (Å²) in [7, 11) is 0. The van der Waals surface area contributed by atoms with Crippen LogP contribution in [0.15, 0.2) is 121 Å². The molecule has 0 bridgehead atoms. The first-order chi connectivity index (χ1) is 15.3. The summed E-state index contributed by atoms with van der Waals surface area (Å²) in [6.45, 7) is 2.18. The second-order valence-corrected chi connectivity index (χ2v) is 7.71. The van der Waals surface area contributed by atoms with E-state index < -0.39 is 0 Å². The third-order valence-electron chi connectivity index (χ3n) is 5.67. The Morgan fingerprint density at radius 3 is 1.61 bits per heavy atom. The highest BCUT2D eigenvalue weighted by Gasteiger charge is 2.14. The smallest absolute Gasteiger partial charge is 0.0744 e. The first-order valence-corrected chi connectivity index (χ1v) is 10.6. The molecule has 0 aliphatic heterocycles. The molecule has 0 atom stereocenters. The average molecular weight is 398 g/mol. The normalized spacial score (nSPS) is 10.7. The van der Waals surface area contributed by atoms with Crippen molar-refractivity contribution in [3.63, 3.8) is 0 Å². The number of rotatable bonds is 4. The van der Waals surface area contributed by atoms with Crippen LogP contribution in [0.25, 0.3) is 44.8 Å². The molecule has 1 heterocycles. The molecule has 1 nitrogen and oxygen atoms in total. The van der Waals surface area contributed by atoms with Gasteiger partial charge in [0.05, 0.1) is 11.4 Å². The van der Waals surface area contributed by atoms with Gasteiger partial charge in [-0.05, 0) is 46.9 Å². The monoisotopic (exact) mass is 397 g/mol. The van der Waals surface area contributed by atoms with Crippen LogP contribution < -0.4 is 0 Å². The minimum absolute atomic E-state index is 0.991. The fraction of sp³-hybridized carbons (Fsp3) is 0.0333. The third kappa shape index (κ3) is 3.91. The second-order valence-electron chi connectivity index (χ2n) is 7.71. The summed E-state index contributed by atoms with van der Waals surface area (Å²) in [6.07, 6.45) is 0. The molecule has 0 saturated heterocycles. The maximum atomic E-state index is 5.08. The van der Waals surface area contributed by atoms with Gasteiger partial charge in [-0.15, -0.1) is 0 Å². The van der Waals surface area contributed by atoms with Gasteiger partial charge in [-0.25, -0.2) is 4.98 Å². The molecule has 31 heavy (non-hydrogen) atoms. The molecule has 0 amide bonds. The lowest BCUT2D eigenvalue weighted by molar-refractivity contribution is 1.27. The first-order valence-electron chi connectivity index (χ1n) is 10.6. The fourth-order valence-electron chi connectivity index (χ4n) is 4.04. The lowest BCUT2D eigenvalue weighted by Gasteiger charge is -2.15. The number of nitrogens with zero attached hydrogens (tertiary/aromatic N) is 1. The van der Waals surface area contributed by atoms with Gasteiger partial charge in [0, 0.05) is 11.1 Å². The Morgan fingerprint density at radius 1 is 0.452 bits per heavy atom. The Balaban J connectivity index is 1.72. The predicted molar refractivity (Wildman–Crippen MR) is 131 cm³/mol. The maximum absolute atomic E-state index is 5.08. The van der Waals surface area contributed by atoms with Crippen molar-refractivity contribution in [3.05, 3.63) is 127 Å². The van der Waals surface area contributed by atoms with Crippen molar-refractivity contribution in [2.75, 3.05) is 0 Å². The van der Waals surface area contributed by atoms with Gasteiger partial charge in [0.2, 0.25) is 0 Å². The van der Waals surface area contributed by atoms with Crippen LogP contribution in [-0.4, -0.2) is 4.98 Å². The standard InChI is InChI=1S/C30H23N/c1-22-28(27-19-11-18-26(20-27)23-12-5-2-6-13-23)21-29(24-14-7-3-8-15-24)31-30(22)25-16-9-4-10-17-25/h2-21H,1H3. The van der Waals surface area contributed by atoms with E-state index in [1.165, 1.54) is 27.8 Å². The number of benzene rings is 4. The quantitative estimate of drug-likeness (QED) is 0.299. The molecular formula is C30H23N.